The molecule has 10 heteroatoms. The third-order valence-corrected chi connectivity index (χ3v) is 5.63. The van der Waals surface area contributed by atoms with Gasteiger partial charge in [0, 0.05) is 13.2 Å². The molecule has 1 fully saturated rings. The lowest BCUT2D eigenvalue weighted by atomic mass is 10.2. The van der Waals surface area contributed by atoms with Gasteiger partial charge in [0.2, 0.25) is 0 Å². The van der Waals surface area contributed by atoms with Gasteiger partial charge in [-0.05, 0) is 50.2 Å². The van der Waals surface area contributed by atoms with E-state index in [4.69, 9.17) is 55.9 Å². The van der Waals surface area contributed by atoms with Crippen LogP contribution in [0.1, 0.15) is 13.8 Å². The van der Waals surface area contributed by atoms with Crippen molar-refractivity contribution in [3.8, 4) is 0 Å². The van der Waals surface area contributed by atoms with Crippen molar-refractivity contribution in [2.24, 2.45) is 0 Å². The summed E-state index contributed by atoms with van der Waals surface area (Å²) >= 11 is 24.2. The van der Waals surface area contributed by atoms with Crippen molar-refractivity contribution in [2.45, 2.75) is 19.8 Å². The number of halogens is 4. The average Bonchev–Trinajstić information content (AvgIpc) is 2.88. The van der Waals surface area contributed by atoms with E-state index in [1.165, 1.54) is 30.3 Å². The van der Waals surface area contributed by atoms with Crippen molar-refractivity contribution in [3.05, 3.63) is 56.5 Å². The number of urea groups is 1. The molecule has 0 bridgehead atoms. The van der Waals surface area contributed by atoms with Crippen LogP contribution in [0, 0.1) is 0 Å². The van der Waals surface area contributed by atoms with E-state index in [2.05, 4.69) is 0 Å². The van der Waals surface area contributed by atoms with Crippen molar-refractivity contribution in [3.63, 3.8) is 0 Å². The fraction of sp³-hybridized carbons (Fsp3) is 0.263. The molecule has 0 aliphatic carbocycles. The molecule has 0 spiro atoms. The maximum absolute atomic E-state index is 13.4. The topological polar surface area (TPSA) is 59.1 Å². The molecule has 0 unspecified atom stereocenters. The fourth-order valence-electron chi connectivity index (χ4n) is 2.99. The Bertz CT molecular complexity index is 963. The Labute approximate surface area is 187 Å². The summed E-state index contributed by atoms with van der Waals surface area (Å²) in [5, 5.41) is 0.986. The van der Waals surface area contributed by atoms with Gasteiger partial charge in [0.25, 0.3) is 0 Å². The minimum Gasteiger partial charge on any atom is -0.325 e. The van der Waals surface area contributed by atoms with Crippen molar-refractivity contribution in [2.75, 3.05) is 23.0 Å². The molecular formula is C19H16Cl4N2O4. The number of carbonyl (C=O) groups is 2. The summed E-state index contributed by atoms with van der Waals surface area (Å²) in [7, 11) is 0. The predicted octanol–water partition coefficient (Wildman–Crippen LogP) is 6.00. The zero-order valence-electron chi connectivity index (χ0n) is 15.4. The SMILES string of the molecule is CCOC1(OCC)C(=O)N(c2ccc(Cl)c(Cl)c2)C(=O)N1c1ccc(Cl)c(Cl)c1. The van der Waals surface area contributed by atoms with E-state index in [0.29, 0.717) is 5.02 Å². The fourth-order valence-corrected chi connectivity index (χ4v) is 3.58. The van der Waals surface area contributed by atoms with Crippen LogP contribution in [0.15, 0.2) is 36.4 Å². The monoisotopic (exact) mass is 476 g/mol. The lowest BCUT2D eigenvalue weighted by Gasteiger charge is -2.33. The Morgan fingerprint density at radius 1 is 0.793 bits per heavy atom. The molecule has 1 heterocycles. The molecule has 0 saturated carbocycles. The quantitative estimate of drug-likeness (QED) is 0.378. The summed E-state index contributed by atoms with van der Waals surface area (Å²) in [6.07, 6.45) is 0. The lowest BCUT2D eigenvalue weighted by molar-refractivity contribution is -0.216. The summed E-state index contributed by atoms with van der Waals surface area (Å²) in [5.41, 5.74) is 0.503. The third-order valence-electron chi connectivity index (χ3n) is 4.15. The van der Waals surface area contributed by atoms with E-state index < -0.39 is 17.8 Å². The van der Waals surface area contributed by atoms with Crippen molar-refractivity contribution in [1.29, 1.82) is 0 Å². The van der Waals surface area contributed by atoms with Gasteiger partial charge in [-0.15, -0.1) is 0 Å². The molecule has 1 aliphatic heterocycles. The van der Waals surface area contributed by atoms with Crippen LogP contribution in [0.5, 0.6) is 0 Å². The van der Waals surface area contributed by atoms with Crippen LogP contribution >= 0.6 is 46.4 Å². The minimum atomic E-state index is -2.01. The van der Waals surface area contributed by atoms with Crippen molar-refractivity contribution < 1.29 is 19.1 Å². The van der Waals surface area contributed by atoms with E-state index in [0.717, 1.165) is 9.80 Å². The number of carbonyl (C=O) groups excluding carboxylic acids is 2. The van der Waals surface area contributed by atoms with E-state index in [1.54, 1.807) is 19.9 Å². The standard InChI is InChI=1S/C19H16Cl4N2O4/c1-3-28-19(29-4-2)17(26)24(11-5-7-13(20)15(22)9-11)18(27)25(19)12-6-8-14(21)16(23)10-12/h5-10H,3-4H2,1-2H3. The van der Waals surface area contributed by atoms with Gasteiger partial charge in [0.15, 0.2) is 0 Å². The number of hydrogen-bond acceptors (Lipinski definition) is 4. The molecule has 1 aliphatic rings. The molecule has 1 saturated heterocycles. The summed E-state index contributed by atoms with van der Waals surface area (Å²) < 4.78 is 11.4. The van der Waals surface area contributed by atoms with Crippen LogP contribution < -0.4 is 9.80 Å². The Balaban J connectivity index is 2.19. The highest BCUT2D eigenvalue weighted by molar-refractivity contribution is 6.43. The molecule has 29 heavy (non-hydrogen) atoms. The minimum absolute atomic E-state index is 0.103. The Morgan fingerprint density at radius 2 is 1.28 bits per heavy atom. The number of rotatable bonds is 6. The van der Waals surface area contributed by atoms with Gasteiger partial charge in [0.1, 0.15) is 0 Å². The second kappa shape index (κ2) is 8.68. The summed E-state index contributed by atoms with van der Waals surface area (Å²) in [4.78, 5) is 28.9. The van der Waals surface area contributed by atoms with Crippen LogP contribution in [0.4, 0.5) is 16.2 Å². The molecule has 3 amide bonds. The summed E-state index contributed by atoms with van der Waals surface area (Å²) in [5.74, 6) is -2.74. The maximum Gasteiger partial charge on any atom is 0.344 e. The maximum atomic E-state index is 13.4. The number of nitrogens with zero attached hydrogens (tertiary/aromatic N) is 2. The van der Waals surface area contributed by atoms with Crippen LogP contribution in [-0.2, 0) is 14.3 Å². The first-order chi connectivity index (χ1) is 13.8. The second-order valence-corrected chi connectivity index (χ2v) is 7.53. The molecule has 3 rings (SSSR count). The first-order valence-corrected chi connectivity index (χ1v) is 10.1. The zero-order chi connectivity index (χ0) is 21.3. The van der Waals surface area contributed by atoms with Crippen LogP contribution in [0.25, 0.3) is 0 Å². The number of anilines is 2. The van der Waals surface area contributed by atoms with E-state index in [-0.39, 0.29) is 39.7 Å². The highest BCUT2D eigenvalue weighted by Gasteiger charge is 2.61. The smallest absolute Gasteiger partial charge is 0.325 e. The number of amides is 3. The molecule has 0 radical (unpaired) electrons. The van der Waals surface area contributed by atoms with Gasteiger partial charge >= 0.3 is 17.8 Å². The number of imide groups is 1. The molecular weight excluding hydrogens is 462 g/mol. The van der Waals surface area contributed by atoms with Crippen LogP contribution in [0.2, 0.25) is 20.1 Å². The van der Waals surface area contributed by atoms with Gasteiger partial charge in [-0.1, -0.05) is 46.4 Å². The van der Waals surface area contributed by atoms with E-state index >= 15 is 0 Å². The van der Waals surface area contributed by atoms with E-state index in [9.17, 15) is 9.59 Å². The summed E-state index contributed by atoms with van der Waals surface area (Å²) in [6, 6.07) is 8.23. The average molecular weight is 478 g/mol. The zero-order valence-corrected chi connectivity index (χ0v) is 18.4. The van der Waals surface area contributed by atoms with Gasteiger partial charge in [0.05, 0.1) is 31.5 Å². The summed E-state index contributed by atoms with van der Waals surface area (Å²) in [6.45, 7) is 3.58. The van der Waals surface area contributed by atoms with E-state index in [1.807, 2.05) is 0 Å². The lowest BCUT2D eigenvalue weighted by Crippen LogP contribution is -2.54. The number of benzene rings is 2. The largest absolute Gasteiger partial charge is 0.344 e. The van der Waals surface area contributed by atoms with Gasteiger partial charge < -0.3 is 9.47 Å². The van der Waals surface area contributed by atoms with Crippen molar-refractivity contribution >= 4 is 69.7 Å². The molecule has 2 aromatic carbocycles. The molecule has 0 N–H and O–H groups in total. The third kappa shape index (κ3) is 3.81. The second-order valence-electron chi connectivity index (χ2n) is 5.90. The number of ether oxygens (including phenoxy) is 2. The van der Waals surface area contributed by atoms with Crippen LogP contribution in [-0.4, -0.2) is 31.1 Å². The van der Waals surface area contributed by atoms with Crippen LogP contribution in [0.3, 0.4) is 0 Å². The van der Waals surface area contributed by atoms with Gasteiger partial charge in [-0.25, -0.2) is 14.6 Å². The molecule has 2 aromatic rings. The Hall–Kier alpha value is -1.54. The molecule has 0 atom stereocenters. The first-order valence-electron chi connectivity index (χ1n) is 8.63. The van der Waals surface area contributed by atoms with Crippen molar-refractivity contribution in [1.82, 2.24) is 0 Å². The highest BCUT2D eigenvalue weighted by Crippen LogP contribution is 2.41. The van der Waals surface area contributed by atoms with Gasteiger partial charge in [-0.3, -0.25) is 4.79 Å². The highest BCUT2D eigenvalue weighted by atomic mass is 35.5. The molecule has 0 aromatic heterocycles. The Kier molecular flexibility index (Phi) is 6.63. The first kappa shape index (κ1) is 22.2. The number of hydrogen-bond donors (Lipinski definition) is 0. The molecule has 6 nitrogen and oxygen atoms in total. The van der Waals surface area contributed by atoms with Gasteiger partial charge in [-0.2, -0.15) is 0 Å². The predicted molar refractivity (Wildman–Crippen MR) is 114 cm³/mol. The molecule has 154 valence electrons. The Morgan fingerprint density at radius 3 is 1.76 bits per heavy atom. The normalized spacial score (nSPS) is 16.1.